The first-order valence-electron chi connectivity index (χ1n) is 10.2. The number of para-hydroxylation sites is 1. The summed E-state index contributed by atoms with van der Waals surface area (Å²) in [6.07, 6.45) is 0. The van der Waals surface area contributed by atoms with Crippen molar-refractivity contribution in [1.82, 2.24) is 4.90 Å². The molecule has 0 saturated heterocycles. The maximum atomic E-state index is 12.3. The van der Waals surface area contributed by atoms with Crippen molar-refractivity contribution in [3.8, 4) is 11.5 Å². The van der Waals surface area contributed by atoms with E-state index in [1.54, 1.807) is 27.3 Å². The topological polar surface area (TPSA) is 108 Å². The molecule has 32 heavy (non-hydrogen) atoms. The average molecular weight is 437 g/mol. The summed E-state index contributed by atoms with van der Waals surface area (Å²) in [6, 6.07) is 11.8. The SMILES string of the molecule is COc1ccc(C(Nc2c(Nc3cccc(C(=O)N(C)C)c3O)c(=O)c2=O)C(C)C)cc1. The molecule has 0 aromatic heterocycles. The third-order valence-electron chi connectivity index (χ3n) is 5.28. The number of hydrogen-bond donors (Lipinski definition) is 3. The third kappa shape index (κ3) is 4.30. The van der Waals surface area contributed by atoms with Gasteiger partial charge in [0.1, 0.15) is 17.1 Å². The summed E-state index contributed by atoms with van der Waals surface area (Å²) in [4.78, 5) is 38.3. The lowest BCUT2D eigenvalue weighted by atomic mass is 9.95. The van der Waals surface area contributed by atoms with E-state index in [0.29, 0.717) is 0 Å². The van der Waals surface area contributed by atoms with Crippen LogP contribution in [0, 0.1) is 5.92 Å². The predicted molar refractivity (Wildman–Crippen MR) is 125 cm³/mol. The highest BCUT2D eigenvalue weighted by Crippen LogP contribution is 2.34. The summed E-state index contributed by atoms with van der Waals surface area (Å²) < 4.78 is 5.20. The molecule has 3 aromatic rings. The molecule has 0 aliphatic carbocycles. The zero-order chi connectivity index (χ0) is 23.6. The number of anilines is 3. The van der Waals surface area contributed by atoms with E-state index in [0.717, 1.165) is 11.3 Å². The Morgan fingerprint density at radius 2 is 1.62 bits per heavy atom. The third-order valence-corrected chi connectivity index (χ3v) is 5.28. The Bertz CT molecular complexity index is 1190. The van der Waals surface area contributed by atoms with Crippen molar-refractivity contribution in [2.75, 3.05) is 31.8 Å². The van der Waals surface area contributed by atoms with Gasteiger partial charge in [0.2, 0.25) is 0 Å². The number of rotatable bonds is 8. The molecule has 0 fully saturated rings. The Morgan fingerprint density at radius 1 is 1.00 bits per heavy atom. The van der Waals surface area contributed by atoms with Crippen LogP contribution in [0.2, 0.25) is 0 Å². The molecule has 0 aliphatic heterocycles. The van der Waals surface area contributed by atoms with Crippen LogP contribution in [0.5, 0.6) is 11.5 Å². The number of nitrogens with zero attached hydrogens (tertiary/aromatic N) is 1. The Balaban J connectivity index is 1.92. The summed E-state index contributed by atoms with van der Waals surface area (Å²) in [5, 5.41) is 16.6. The van der Waals surface area contributed by atoms with E-state index >= 15 is 0 Å². The Hall–Kier alpha value is -3.81. The first-order chi connectivity index (χ1) is 15.1. The van der Waals surface area contributed by atoms with Gasteiger partial charge in [0.15, 0.2) is 5.75 Å². The van der Waals surface area contributed by atoms with Crippen molar-refractivity contribution in [3.05, 3.63) is 74.0 Å². The molecule has 0 bridgehead atoms. The number of carbonyl (C=O) groups excluding carboxylic acids is 1. The molecule has 0 spiro atoms. The second-order valence-electron chi connectivity index (χ2n) is 8.07. The van der Waals surface area contributed by atoms with Gasteiger partial charge >= 0.3 is 0 Å². The summed E-state index contributed by atoms with van der Waals surface area (Å²) in [5.41, 5.74) is 0.0680. The van der Waals surface area contributed by atoms with Crippen LogP contribution in [0.4, 0.5) is 17.1 Å². The van der Waals surface area contributed by atoms with Crippen molar-refractivity contribution in [2.45, 2.75) is 19.9 Å². The van der Waals surface area contributed by atoms with Crippen molar-refractivity contribution in [3.63, 3.8) is 0 Å². The number of benzene rings is 2. The van der Waals surface area contributed by atoms with Crippen molar-refractivity contribution >= 4 is 23.0 Å². The van der Waals surface area contributed by atoms with Gasteiger partial charge in [-0.2, -0.15) is 0 Å². The van der Waals surface area contributed by atoms with E-state index in [2.05, 4.69) is 10.6 Å². The fraction of sp³-hybridized carbons (Fsp3) is 0.292. The zero-order valence-electron chi connectivity index (χ0n) is 18.7. The van der Waals surface area contributed by atoms with E-state index in [1.165, 1.54) is 17.0 Å². The highest BCUT2D eigenvalue weighted by molar-refractivity contribution is 5.99. The fourth-order valence-electron chi connectivity index (χ4n) is 3.44. The molecular formula is C24H27N3O5. The smallest absolute Gasteiger partial charge is 0.257 e. The van der Waals surface area contributed by atoms with E-state index in [1.807, 2.05) is 38.1 Å². The second-order valence-corrected chi connectivity index (χ2v) is 8.07. The number of carbonyl (C=O) groups is 1. The molecule has 1 unspecified atom stereocenters. The number of phenolic OH excluding ortho intramolecular Hbond substituents is 1. The molecule has 3 N–H and O–H groups in total. The van der Waals surface area contributed by atoms with E-state index < -0.39 is 10.9 Å². The Labute approximate surface area is 186 Å². The van der Waals surface area contributed by atoms with Gasteiger partial charge in [-0.3, -0.25) is 14.4 Å². The predicted octanol–water partition coefficient (Wildman–Crippen LogP) is 3.25. The molecule has 0 heterocycles. The lowest BCUT2D eigenvalue weighted by molar-refractivity contribution is 0.0824. The molecule has 3 rings (SSSR count). The number of ether oxygens (including phenoxy) is 1. The van der Waals surface area contributed by atoms with Gasteiger partial charge in [0.25, 0.3) is 16.8 Å². The molecule has 0 saturated carbocycles. The second kappa shape index (κ2) is 9.13. The van der Waals surface area contributed by atoms with Gasteiger partial charge in [-0.25, -0.2) is 0 Å². The number of amides is 1. The molecule has 0 aliphatic rings. The maximum absolute atomic E-state index is 12.3. The molecule has 1 amide bonds. The van der Waals surface area contributed by atoms with Crippen LogP contribution < -0.4 is 26.2 Å². The summed E-state index contributed by atoms with van der Waals surface area (Å²) in [7, 11) is 4.74. The average Bonchev–Trinajstić information content (AvgIpc) is 2.78. The maximum Gasteiger partial charge on any atom is 0.257 e. The quantitative estimate of drug-likeness (QED) is 0.367. The van der Waals surface area contributed by atoms with Gasteiger partial charge in [-0.05, 0) is 35.7 Å². The summed E-state index contributed by atoms with van der Waals surface area (Å²) >= 11 is 0. The summed E-state index contributed by atoms with van der Waals surface area (Å²) in [5.74, 6) is 0.153. The number of aromatic hydroxyl groups is 1. The largest absolute Gasteiger partial charge is 0.505 e. The molecule has 8 nitrogen and oxygen atoms in total. The van der Waals surface area contributed by atoms with Crippen molar-refractivity contribution in [2.24, 2.45) is 5.92 Å². The van der Waals surface area contributed by atoms with E-state index in [-0.39, 0.29) is 46.2 Å². The fourth-order valence-corrected chi connectivity index (χ4v) is 3.44. The Kier molecular flexibility index (Phi) is 6.53. The van der Waals surface area contributed by atoms with E-state index in [9.17, 15) is 19.5 Å². The minimum Gasteiger partial charge on any atom is -0.505 e. The van der Waals surface area contributed by atoms with Crippen LogP contribution in [0.3, 0.4) is 0 Å². The van der Waals surface area contributed by atoms with Crippen LogP contribution in [-0.2, 0) is 0 Å². The van der Waals surface area contributed by atoms with Crippen LogP contribution in [0.1, 0.15) is 35.8 Å². The molecule has 168 valence electrons. The molecule has 1 atom stereocenters. The number of phenols is 1. The lowest BCUT2D eigenvalue weighted by Crippen LogP contribution is -2.38. The number of nitrogens with one attached hydrogen (secondary N) is 2. The summed E-state index contributed by atoms with van der Waals surface area (Å²) in [6.45, 7) is 4.01. The van der Waals surface area contributed by atoms with Crippen molar-refractivity contribution in [1.29, 1.82) is 0 Å². The number of methoxy groups -OCH3 is 1. The molecule has 0 radical (unpaired) electrons. The first-order valence-corrected chi connectivity index (χ1v) is 10.2. The van der Waals surface area contributed by atoms with E-state index in [4.69, 9.17) is 4.74 Å². The standard InChI is InChI=1S/C24H27N3O5/c1-13(2)18(14-9-11-15(32-5)12-10-14)26-20-19(22(29)23(20)30)25-17-8-6-7-16(21(17)28)24(31)27(3)4/h6-13,18,25-26,28H,1-5H3. The van der Waals surface area contributed by atoms with Gasteiger partial charge in [0.05, 0.1) is 24.4 Å². The van der Waals surface area contributed by atoms with Crippen LogP contribution in [-0.4, -0.2) is 37.1 Å². The van der Waals surface area contributed by atoms with Crippen molar-refractivity contribution < 1.29 is 14.6 Å². The lowest BCUT2D eigenvalue weighted by Gasteiger charge is -2.26. The van der Waals surface area contributed by atoms with Gasteiger partial charge < -0.3 is 25.4 Å². The highest BCUT2D eigenvalue weighted by atomic mass is 16.5. The van der Waals surface area contributed by atoms with Crippen LogP contribution >= 0.6 is 0 Å². The zero-order valence-corrected chi connectivity index (χ0v) is 18.7. The normalized spacial score (nSPS) is 11.9. The monoisotopic (exact) mass is 437 g/mol. The molecule has 8 heteroatoms. The first kappa shape index (κ1) is 22.9. The van der Waals surface area contributed by atoms with Gasteiger partial charge in [0, 0.05) is 14.1 Å². The molecular weight excluding hydrogens is 410 g/mol. The van der Waals surface area contributed by atoms with Gasteiger partial charge in [-0.15, -0.1) is 0 Å². The number of hydrogen-bond acceptors (Lipinski definition) is 7. The van der Waals surface area contributed by atoms with Crippen LogP contribution in [0.15, 0.2) is 52.1 Å². The highest BCUT2D eigenvalue weighted by Gasteiger charge is 2.27. The minimum atomic E-state index is -0.687. The Morgan fingerprint density at radius 3 is 2.19 bits per heavy atom. The van der Waals surface area contributed by atoms with Gasteiger partial charge in [-0.1, -0.05) is 32.0 Å². The minimum absolute atomic E-state index is 0.0545. The van der Waals surface area contributed by atoms with Crippen LogP contribution in [0.25, 0.3) is 0 Å². The molecule has 3 aromatic carbocycles.